The topological polar surface area (TPSA) is 77.2 Å². The minimum atomic E-state index is -0.518. The SMILES string of the molecule is COc1ccc(OC)c(C2c3cccn3-c3ccccc3N2C(=O)CN(C(=O)c2ccco2)C(C)C)c1. The van der Waals surface area contributed by atoms with Crippen LogP contribution in [0, 0.1) is 0 Å². The Balaban J connectivity index is 1.64. The van der Waals surface area contributed by atoms with Crippen LogP contribution in [0.2, 0.25) is 0 Å². The molecule has 0 aliphatic carbocycles. The lowest BCUT2D eigenvalue weighted by Crippen LogP contribution is -2.48. The standard InChI is InChI=1S/C29H29N3O5/c1-19(2)31(29(34)26-12-8-16-37-26)18-27(33)32-23-10-6-5-9-22(23)30-15-7-11-24(30)28(32)21-17-20(35-3)13-14-25(21)36-4/h5-17,19,28H,18H2,1-4H3. The molecule has 1 aliphatic heterocycles. The van der Waals surface area contributed by atoms with Gasteiger partial charge in [0.2, 0.25) is 5.91 Å². The third-order valence-corrected chi connectivity index (χ3v) is 6.64. The van der Waals surface area contributed by atoms with Crippen LogP contribution in [0.15, 0.2) is 83.6 Å². The highest BCUT2D eigenvalue weighted by molar-refractivity contribution is 6.02. The highest BCUT2D eigenvalue weighted by Gasteiger charge is 2.39. The normalized spacial score (nSPS) is 14.2. The molecule has 0 spiro atoms. The Morgan fingerprint density at radius 1 is 0.973 bits per heavy atom. The molecular formula is C29H29N3O5. The monoisotopic (exact) mass is 499 g/mol. The van der Waals surface area contributed by atoms with Gasteiger partial charge in [-0.3, -0.25) is 14.5 Å². The summed E-state index contributed by atoms with van der Waals surface area (Å²) in [6, 6.07) is 19.8. The van der Waals surface area contributed by atoms with Gasteiger partial charge in [-0.15, -0.1) is 0 Å². The van der Waals surface area contributed by atoms with Gasteiger partial charge in [0.25, 0.3) is 5.91 Å². The Kier molecular flexibility index (Phi) is 6.48. The van der Waals surface area contributed by atoms with Crippen LogP contribution in [0.1, 0.15) is 41.7 Å². The number of methoxy groups -OCH3 is 2. The van der Waals surface area contributed by atoms with Crippen LogP contribution < -0.4 is 14.4 Å². The van der Waals surface area contributed by atoms with Gasteiger partial charge in [0, 0.05) is 17.8 Å². The van der Waals surface area contributed by atoms with E-state index in [1.807, 2.05) is 74.6 Å². The Bertz CT molecular complexity index is 1420. The second-order valence-corrected chi connectivity index (χ2v) is 9.07. The van der Waals surface area contributed by atoms with Crippen molar-refractivity contribution < 1.29 is 23.5 Å². The molecule has 2 amide bonds. The van der Waals surface area contributed by atoms with Gasteiger partial charge < -0.3 is 23.4 Å². The third-order valence-electron chi connectivity index (χ3n) is 6.64. The Labute approximate surface area is 215 Å². The molecule has 0 saturated heterocycles. The lowest BCUT2D eigenvalue weighted by Gasteiger charge is -2.40. The second-order valence-electron chi connectivity index (χ2n) is 9.07. The maximum Gasteiger partial charge on any atom is 0.290 e. The number of furan rings is 1. The van der Waals surface area contributed by atoms with Crippen molar-refractivity contribution in [3.63, 3.8) is 0 Å². The van der Waals surface area contributed by atoms with Gasteiger partial charge in [-0.1, -0.05) is 12.1 Å². The Hall–Kier alpha value is -4.46. The van der Waals surface area contributed by atoms with Crippen molar-refractivity contribution in [2.24, 2.45) is 0 Å². The van der Waals surface area contributed by atoms with E-state index >= 15 is 0 Å². The van der Waals surface area contributed by atoms with E-state index in [1.165, 1.54) is 11.2 Å². The van der Waals surface area contributed by atoms with Crippen molar-refractivity contribution in [3.05, 3.63) is 96.2 Å². The summed E-state index contributed by atoms with van der Waals surface area (Å²) in [6.07, 6.45) is 3.43. The quantitative estimate of drug-likeness (QED) is 0.355. The lowest BCUT2D eigenvalue weighted by atomic mass is 9.96. The molecule has 190 valence electrons. The maximum absolute atomic E-state index is 14.2. The number of hydrogen-bond acceptors (Lipinski definition) is 5. The van der Waals surface area contributed by atoms with E-state index < -0.39 is 6.04 Å². The fraction of sp³-hybridized carbons (Fsp3) is 0.241. The number of carbonyl (C=O) groups excluding carboxylic acids is 2. The molecule has 2 aromatic heterocycles. The fourth-order valence-electron chi connectivity index (χ4n) is 4.86. The number of amides is 2. The molecule has 3 heterocycles. The maximum atomic E-state index is 14.2. The predicted molar refractivity (Wildman–Crippen MR) is 140 cm³/mol. The average Bonchev–Trinajstić information content (AvgIpc) is 3.63. The molecule has 1 aliphatic rings. The molecule has 0 radical (unpaired) electrons. The van der Waals surface area contributed by atoms with Crippen LogP contribution >= 0.6 is 0 Å². The van der Waals surface area contributed by atoms with E-state index in [4.69, 9.17) is 13.9 Å². The average molecular weight is 500 g/mol. The zero-order valence-corrected chi connectivity index (χ0v) is 21.3. The molecule has 37 heavy (non-hydrogen) atoms. The smallest absolute Gasteiger partial charge is 0.290 e. The molecule has 8 nitrogen and oxygen atoms in total. The second kappa shape index (κ2) is 9.89. The van der Waals surface area contributed by atoms with Crippen LogP contribution in [0.4, 0.5) is 5.69 Å². The van der Waals surface area contributed by atoms with Gasteiger partial charge >= 0.3 is 0 Å². The number of rotatable bonds is 7. The number of nitrogens with zero attached hydrogens (tertiary/aromatic N) is 3. The van der Waals surface area contributed by atoms with Crippen LogP contribution in [-0.2, 0) is 4.79 Å². The van der Waals surface area contributed by atoms with E-state index in [0.717, 1.165) is 22.6 Å². The molecule has 0 bridgehead atoms. The summed E-state index contributed by atoms with van der Waals surface area (Å²) in [4.78, 5) is 30.7. The van der Waals surface area contributed by atoms with E-state index in [-0.39, 0.29) is 30.2 Å². The number of aromatic nitrogens is 1. The van der Waals surface area contributed by atoms with Crippen LogP contribution in [-0.4, -0.2) is 48.1 Å². The summed E-state index contributed by atoms with van der Waals surface area (Å²) < 4.78 is 18.7. The zero-order chi connectivity index (χ0) is 26.1. The molecule has 0 fully saturated rings. The van der Waals surface area contributed by atoms with Crippen LogP contribution in [0.5, 0.6) is 11.5 Å². The number of para-hydroxylation sites is 2. The highest BCUT2D eigenvalue weighted by Crippen LogP contribution is 2.45. The van der Waals surface area contributed by atoms with Crippen molar-refractivity contribution in [3.8, 4) is 17.2 Å². The van der Waals surface area contributed by atoms with Gasteiger partial charge in [0.15, 0.2) is 5.76 Å². The van der Waals surface area contributed by atoms with Crippen molar-refractivity contribution in [1.82, 2.24) is 9.47 Å². The Morgan fingerprint density at radius 3 is 2.43 bits per heavy atom. The summed E-state index contributed by atoms with van der Waals surface area (Å²) in [7, 11) is 3.21. The first-order chi connectivity index (χ1) is 17.9. The minimum Gasteiger partial charge on any atom is -0.497 e. The summed E-state index contributed by atoms with van der Waals surface area (Å²) in [6.45, 7) is 3.63. The molecule has 1 unspecified atom stereocenters. The molecule has 5 rings (SSSR count). The number of fused-ring (bicyclic) bond motifs is 3. The summed E-state index contributed by atoms with van der Waals surface area (Å²) >= 11 is 0. The molecule has 0 N–H and O–H groups in total. The van der Waals surface area contributed by atoms with E-state index in [2.05, 4.69) is 4.57 Å². The third kappa shape index (κ3) is 4.24. The summed E-state index contributed by atoms with van der Waals surface area (Å²) in [5.74, 6) is 0.904. The van der Waals surface area contributed by atoms with E-state index in [9.17, 15) is 9.59 Å². The van der Waals surface area contributed by atoms with Crippen LogP contribution in [0.25, 0.3) is 5.69 Å². The van der Waals surface area contributed by atoms with Gasteiger partial charge in [-0.25, -0.2) is 0 Å². The van der Waals surface area contributed by atoms with Crippen molar-refractivity contribution in [2.45, 2.75) is 25.9 Å². The first-order valence-corrected chi connectivity index (χ1v) is 12.1. The van der Waals surface area contributed by atoms with Crippen LogP contribution in [0.3, 0.4) is 0 Å². The van der Waals surface area contributed by atoms with E-state index in [0.29, 0.717) is 11.5 Å². The van der Waals surface area contributed by atoms with Gasteiger partial charge in [-0.05, 0) is 68.4 Å². The Morgan fingerprint density at radius 2 is 1.76 bits per heavy atom. The molecule has 4 aromatic rings. The molecular weight excluding hydrogens is 470 g/mol. The molecule has 0 saturated carbocycles. The number of hydrogen-bond donors (Lipinski definition) is 0. The van der Waals surface area contributed by atoms with Gasteiger partial charge in [-0.2, -0.15) is 0 Å². The first kappa shape index (κ1) is 24.2. The zero-order valence-electron chi connectivity index (χ0n) is 21.3. The lowest BCUT2D eigenvalue weighted by molar-refractivity contribution is -0.120. The number of benzene rings is 2. The van der Waals surface area contributed by atoms with E-state index in [1.54, 1.807) is 31.3 Å². The fourth-order valence-corrected chi connectivity index (χ4v) is 4.86. The molecule has 1 atom stereocenters. The molecule has 2 aromatic carbocycles. The first-order valence-electron chi connectivity index (χ1n) is 12.1. The minimum absolute atomic E-state index is 0.130. The van der Waals surface area contributed by atoms with Crippen molar-refractivity contribution >= 4 is 17.5 Å². The van der Waals surface area contributed by atoms with Crippen molar-refractivity contribution in [2.75, 3.05) is 25.7 Å². The van der Waals surface area contributed by atoms with Gasteiger partial charge in [0.05, 0.1) is 37.6 Å². The summed E-state index contributed by atoms with van der Waals surface area (Å²) in [5.41, 5.74) is 3.29. The number of carbonyl (C=O) groups is 2. The molecule has 8 heteroatoms. The largest absolute Gasteiger partial charge is 0.497 e. The predicted octanol–water partition coefficient (Wildman–Crippen LogP) is 5.07. The number of anilines is 1. The summed E-state index contributed by atoms with van der Waals surface area (Å²) in [5, 5.41) is 0. The van der Waals surface area contributed by atoms with Gasteiger partial charge in [0.1, 0.15) is 24.1 Å². The highest BCUT2D eigenvalue weighted by atomic mass is 16.5. The van der Waals surface area contributed by atoms with Crippen molar-refractivity contribution in [1.29, 1.82) is 0 Å². The number of ether oxygens (including phenoxy) is 2.